The normalized spacial score (nSPS) is 13.3. The van der Waals surface area contributed by atoms with Crippen LogP contribution in [0.1, 0.15) is 55.2 Å². The quantitative estimate of drug-likeness (QED) is 0.279. The van der Waals surface area contributed by atoms with E-state index in [1.807, 2.05) is 18.2 Å². The molecule has 0 saturated carbocycles. The molecule has 0 aliphatic carbocycles. The van der Waals surface area contributed by atoms with Crippen LogP contribution in [0.15, 0.2) is 42.5 Å². The Kier molecular flexibility index (Phi) is 7.99. The molecule has 144 valence electrons. The first-order valence-electron chi connectivity index (χ1n) is 9.40. The van der Waals surface area contributed by atoms with Crippen molar-refractivity contribution < 1.29 is 19.1 Å². The summed E-state index contributed by atoms with van der Waals surface area (Å²) >= 11 is 0. The molecule has 5 nitrogen and oxygen atoms in total. The van der Waals surface area contributed by atoms with Crippen LogP contribution in [0.3, 0.4) is 0 Å². The van der Waals surface area contributed by atoms with Crippen LogP contribution in [0, 0.1) is 6.92 Å². The number of allylic oxidation sites excluding steroid dienone is 1. The molecule has 2 rings (SSSR count). The average Bonchev–Trinajstić information content (AvgIpc) is 2.94. The highest BCUT2D eigenvalue weighted by Gasteiger charge is 2.23. The Bertz CT molecular complexity index is 749. The minimum atomic E-state index is -0.526. The maximum Gasteiger partial charge on any atom is 0.310 e. The van der Waals surface area contributed by atoms with E-state index in [1.54, 1.807) is 0 Å². The molecule has 1 N–H and O–H groups in total. The van der Waals surface area contributed by atoms with E-state index < -0.39 is 17.8 Å². The van der Waals surface area contributed by atoms with Crippen molar-refractivity contribution in [3.8, 4) is 0 Å². The molecule has 0 atom stereocenters. The third kappa shape index (κ3) is 6.85. The highest BCUT2D eigenvalue weighted by molar-refractivity contribution is 6.17. The predicted octanol–water partition coefficient (Wildman–Crippen LogP) is 3.69. The third-order valence-corrected chi connectivity index (χ3v) is 4.58. The highest BCUT2D eigenvalue weighted by atomic mass is 16.5. The number of benzene rings is 1. The van der Waals surface area contributed by atoms with E-state index in [0.29, 0.717) is 0 Å². The van der Waals surface area contributed by atoms with Gasteiger partial charge in [0.15, 0.2) is 0 Å². The van der Waals surface area contributed by atoms with Gasteiger partial charge in [-0.2, -0.15) is 0 Å². The second kappa shape index (κ2) is 10.5. The number of aryl methyl sites for hydroxylation is 2. The Hall–Kier alpha value is -2.69. The van der Waals surface area contributed by atoms with Crippen molar-refractivity contribution in [3.05, 3.63) is 59.2 Å². The summed E-state index contributed by atoms with van der Waals surface area (Å²) in [6.45, 7) is 5.96. The van der Waals surface area contributed by atoms with Gasteiger partial charge in [0.2, 0.25) is 0 Å². The fourth-order valence-corrected chi connectivity index (χ4v) is 3.04. The zero-order valence-electron chi connectivity index (χ0n) is 15.9. The monoisotopic (exact) mass is 369 g/mol. The van der Waals surface area contributed by atoms with Crippen molar-refractivity contribution in [1.29, 1.82) is 0 Å². The van der Waals surface area contributed by atoms with Crippen molar-refractivity contribution in [1.82, 2.24) is 5.32 Å². The largest absolute Gasteiger partial charge is 0.461 e. The van der Waals surface area contributed by atoms with Gasteiger partial charge in [0, 0.05) is 11.6 Å². The van der Waals surface area contributed by atoms with Gasteiger partial charge < -0.3 is 4.74 Å². The van der Waals surface area contributed by atoms with Crippen molar-refractivity contribution >= 4 is 17.8 Å². The van der Waals surface area contributed by atoms with Gasteiger partial charge in [-0.05, 0) is 49.3 Å². The molecule has 0 radical (unpaired) electrons. The third-order valence-electron chi connectivity index (χ3n) is 4.58. The molecule has 0 aromatic heterocycles. The van der Waals surface area contributed by atoms with E-state index in [1.165, 1.54) is 36.8 Å². The molecular weight excluding hydrogens is 342 g/mol. The van der Waals surface area contributed by atoms with E-state index in [2.05, 4.69) is 24.9 Å². The van der Waals surface area contributed by atoms with E-state index in [0.717, 1.165) is 24.5 Å². The Balaban J connectivity index is 1.75. The topological polar surface area (TPSA) is 72.5 Å². The molecule has 1 heterocycles. The summed E-state index contributed by atoms with van der Waals surface area (Å²) in [4.78, 5) is 34.4. The standard InChI is InChI=1S/C22H27NO4/c1-3-4-5-6-7-8-9-18-11-10-17(12-16(18)2)15-27-21(25)14-19-13-20(24)23-22(19)26/h3,10-13H,1,4-9,14-15H2,2H3,(H,23,24,26). The average molecular weight is 369 g/mol. The number of unbranched alkanes of at least 4 members (excludes halogenated alkanes) is 4. The van der Waals surface area contributed by atoms with E-state index >= 15 is 0 Å². The van der Waals surface area contributed by atoms with Crippen LogP contribution in [0.4, 0.5) is 0 Å². The van der Waals surface area contributed by atoms with Gasteiger partial charge in [-0.1, -0.05) is 37.1 Å². The lowest BCUT2D eigenvalue weighted by molar-refractivity contribution is -0.144. The van der Waals surface area contributed by atoms with Gasteiger partial charge in [0.1, 0.15) is 6.61 Å². The molecule has 5 heteroatoms. The molecule has 0 saturated heterocycles. The first kappa shape index (κ1) is 20.6. The van der Waals surface area contributed by atoms with Crippen LogP contribution in [-0.2, 0) is 32.1 Å². The van der Waals surface area contributed by atoms with Crippen molar-refractivity contribution in [2.24, 2.45) is 0 Å². The van der Waals surface area contributed by atoms with Crippen LogP contribution in [0.25, 0.3) is 0 Å². The van der Waals surface area contributed by atoms with Gasteiger partial charge in [0.05, 0.1) is 6.42 Å². The van der Waals surface area contributed by atoms with Gasteiger partial charge >= 0.3 is 5.97 Å². The van der Waals surface area contributed by atoms with Crippen molar-refractivity contribution in [2.75, 3.05) is 0 Å². The number of carbonyl (C=O) groups is 3. The second-order valence-electron chi connectivity index (χ2n) is 6.83. The predicted molar refractivity (Wildman–Crippen MR) is 104 cm³/mol. The molecule has 1 aromatic carbocycles. The maximum atomic E-state index is 11.9. The Morgan fingerprint density at radius 3 is 2.63 bits per heavy atom. The molecule has 1 aliphatic heterocycles. The number of hydrogen-bond acceptors (Lipinski definition) is 4. The zero-order valence-corrected chi connectivity index (χ0v) is 15.9. The first-order chi connectivity index (χ1) is 13.0. The van der Waals surface area contributed by atoms with Gasteiger partial charge in [-0.15, -0.1) is 6.58 Å². The van der Waals surface area contributed by atoms with E-state index in [4.69, 9.17) is 4.74 Å². The number of nitrogens with one attached hydrogen (secondary N) is 1. The van der Waals surface area contributed by atoms with Gasteiger partial charge in [-0.3, -0.25) is 19.7 Å². The summed E-state index contributed by atoms with van der Waals surface area (Å²) in [7, 11) is 0. The second-order valence-corrected chi connectivity index (χ2v) is 6.83. The number of amides is 2. The molecule has 0 spiro atoms. The lowest BCUT2D eigenvalue weighted by atomic mass is 9.99. The Labute approximate surface area is 160 Å². The van der Waals surface area contributed by atoms with Crippen LogP contribution < -0.4 is 5.32 Å². The van der Waals surface area contributed by atoms with Crippen LogP contribution >= 0.6 is 0 Å². The Morgan fingerprint density at radius 2 is 1.96 bits per heavy atom. The Morgan fingerprint density at radius 1 is 1.19 bits per heavy atom. The van der Waals surface area contributed by atoms with Gasteiger partial charge in [-0.25, -0.2) is 0 Å². The smallest absolute Gasteiger partial charge is 0.310 e. The number of carbonyl (C=O) groups excluding carboxylic acids is 3. The minimum Gasteiger partial charge on any atom is -0.461 e. The fraction of sp³-hybridized carbons (Fsp3) is 0.409. The van der Waals surface area contributed by atoms with Crippen LogP contribution in [-0.4, -0.2) is 17.8 Å². The van der Waals surface area contributed by atoms with Crippen LogP contribution in [0.2, 0.25) is 0 Å². The first-order valence-corrected chi connectivity index (χ1v) is 9.40. The molecule has 1 aliphatic rings. The van der Waals surface area contributed by atoms with E-state index in [9.17, 15) is 14.4 Å². The number of ether oxygens (including phenoxy) is 1. The summed E-state index contributed by atoms with van der Waals surface area (Å²) in [6, 6.07) is 6.09. The molecule has 27 heavy (non-hydrogen) atoms. The lowest BCUT2D eigenvalue weighted by Crippen LogP contribution is -2.23. The maximum absolute atomic E-state index is 11.9. The zero-order chi connectivity index (χ0) is 19.6. The minimum absolute atomic E-state index is 0.143. The number of hydrogen-bond donors (Lipinski definition) is 1. The molecule has 0 unspecified atom stereocenters. The highest BCUT2D eigenvalue weighted by Crippen LogP contribution is 2.17. The van der Waals surface area contributed by atoms with Crippen molar-refractivity contribution in [2.45, 2.75) is 58.5 Å². The van der Waals surface area contributed by atoms with Crippen LogP contribution in [0.5, 0.6) is 0 Å². The summed E-state index contributed by atoms with van der Waals surface area (Å²) in [5.74, 6) is -1.54. The number of esters is 1. The molecular formula is C22H27NO4. The van der Waals surface area contributed by atoms with E-state index in [-0.39, 0.29) is 18.6 Å². The number of rotatable bonds is 11. The molecule has 2 amide bonds. The fourth-order valence-electron chi connectivity index (χ4n) is 3.04. The molecule has 1 aromatic rings. The SMILES string of the molecule is C=CCCCCCCc1ccc(COC(=O)CC2=CC(=O)NC2=O)cc1C. The van der Waals surface area contributed by atoms with Crippen molar-refractivity contribution in [3.63, 3.8) is 0 Å². The summed E-state index contributed by atoms with van der Waals surface area (Å²) in [5, 5.41) is 2.11. The lowest BCUT2D eigenvalue weighted by Gasteiger charge is -2.10. The van der Waals surface area contributed by atoms with Gasteiger partial charge in [0.25, 0.3) is 11.8 Å². The number of imide groups is 1. The molecule has 0 fully saturated rings. The molecule has 0 bridgehead atoms. The summed E-state index contributed by atoms with van der Waals surface area (Å²) in [6.07, 6.45) is 9.89. The summed E-state index contributed by atoms with van der Waals surface area (Å²) < 4.78 is 5.23. The summed E-state index contributed by atoms with van der Waals surface area (Å²) in [5.41, 5.74) is 3.57.